The van der Waals surface area contributed by atoms with Gasteiger partial charge in [-0.1, -0.05) is 12.1 Å². The third-order valence-corrected chi connectivity index (χ3v) is 5.60. The van der Waals surface area contributed by atoms with Gasteiger partial charge in [-0.25, -0.2) is 9.50 Å². The molecule has 0 saturated carbocycles. The molecule has 3 aromatic heterocycles. The summed E-state index contributed by atoms with van der Waals surface area (Å²) in [6.07, 6.45) is 3.39. The molecule has 4 heterocycles. The van der Waals surface area contributed by atoms with Crippen molar-refractivity contribution in [1.82, 2.24) is 24.7 Å². The average molecular weight is 383 g/mol. The van der Waals surface area contributed by atoms with Crippen LogP contribution >= 0.6 is 0 Å². The zero-order chi connectivity index (χ0) is 19.8. The maximum Gasteiger partial charge on any atom is 0.276 e. The molecule has 0 aliphatic carbocycles. The number of nitrogens with one attached hydrogen (secondary N) is 1. The van der Waals surface area contributed by atoms with Crippen LogP contribution in [0.15, 0.2) is 21.5 Å². The van der Waals surface area contributed by atoms with Crippen molar-refractivity contribution in [1.29, 1.82) is 0 Å². The van der Waals surface area contributed by atoms with Gasteiger partial charge in [0, 0.05) is 54.5 Å². The summed E-state index contributed by atoms with van der Waals surface area (Å²) in [5.41, 5.74) is 3.37. The van der Waals surface area contributed by atoms with Gasteiger partial charge < -0.3 is 9.42 Å². The van der Waals surface area contributed by atoms with Crippen molar-refractivity contribution in [3.8, 4) is 0 Å². The zero-order valence-electron chi connectivity index (χ0n) is 16.5. The number of nitrogens with zero attached hydrogens (tertiary/aromatic N) is 4. The van der Waals surface area contributed by atoms with E-state index in [1.165, 1.54) is 4.52 Å². The van der Waals surface area contributed by atoms with Gasteiger partial charge in [-0.05, 0) is 33.1 Å². The molecular weight excluding hydrogens is 358 g/mol. The predicted molar refractivity (Wildman–Crippen MR) is 104 cm³/mol. The van der Waals surface area contributed by atoms with Crippen LogP contribution < -0.4 is 5.56 Å². The van der Waals surface area contributed by atoms with E-state index in [4.69, 9.17) is 4.52 Å². The second-order valence-electron chi connectivity index (χ2n) is 7.53. The summed E-state index contributed by atoms with van der Waals surface area (Å²) in [5, 5.41) is 7.13. The molecule has 0 unspecified atom stereocenters. The van der Waals surface area contributed by atoms with E-state index in [-0.39, 0.29) is 17.4 Å². The van der Waals surface area contributed by atoms with Crippen LogP contribution in [0.5, 0.6) is 0 Å². The summed E-state index contributed by atoms with van der Waals surface area (Å²) >= 11 is 0. The topological polar surface area (TPSA) is 96.5 Å². The molecule has 0 atom stereocenters. The lowest BCUT2D eigenvalue weighted by atomic mass is 9.93. The molecule has 1 saturated heterocycles. The number of rotatable bonds is 4. The van der Waals surface area contributed by atoms with Gasteiger partial charge in [-0.3, -0.25) is 14.7 Å². The molecule has 1 amide bonds. The van der Waals surface area contributed by atoms with E-state index in [1.54, 1.807) is 13.0 Å². The third kappa shape index (κ3) is 3.23. The average Bonchev–Trinajstić information content (AvgIpc) is 3.33. The highest BCUT2D eigenvalue weighted by atomic mass is 16.5. The van der Waals surface area contributed by atoms with Crippen LogP contribution in [-0.2, 0) is 6.42 Å². The Morgan fingerprint density at radius 2 is 2.04 bits per heavy atom. The Balaban J connectivity index is 1.46. The van der Waals surface area contributed by atoms with E-state index in [0.717, 1.165) is 42.8 Å². The lowest BCUT2D eigenvalue weighted by Gasteiger charge is -2.30. The summed E-state index contributed by atoms with van der Waals surface area (Å²) in [6, 6.07) is 3.70. The molecule has 1 N–H and O–H groups in total. The Morgan fingerprint density at radius 3 is 2.75 bits per heavy atom. The van der Waals surface area contributed by atoms with Gasteiger partial charge in [0.2, 0.25) is 0 Å². The van der Waals surface area contributed by atoms with Gasteiger partial charge in [-0.15, -0.1) is 0 Å². The van der Waals surface area contributed by atoms with Crippen LogP contribution in [0.3, 0.4) is 0 Å². The van der Waals surface area contributed by atoms with E-state index >= 15 is 0 Å². The second kappa shape index (κ2) is 7.26. The van der Waals surface area contributed by atoms with Crippen molar-refractivity contribution in [2.45, 2.75) is 52.4 Å². The van der Waals surface area contributed by atoms with E-state index in [2.05, 4.69) is 22.2 Å². The number of carbonyl (C=O) groups excluding carboxylic acids is 1. The molecule has 1 fully saturated rings. The number of hydrogen-bond donors (Lipinski definition) is 1. The minimum Gasteiger partial charge on any atom is -0.361 e. The van der Waals surface area contributed by atoms with Crippen molar-refractivity contribution in [3.63, 3.8) is 0 Å². The van der Waals surface area contributed by atoms with Crippen LogP contribution in [0, 0.1) is 13.8 Å². The Morgan fingerprint density at radius 1 is 1.29 bits per heavy atom. The second-order valence-corrected chi connectivity index (χ2v) is 7.53. The summed E-state index contributed by atoms with van der Waals surface area (Å²) in [5.74, 6) is 0.936. The fraction of sp³-hybridized carbons (Fsp3) is 0.500. The number of fused-ring (bicyclic) bond motifs is 1. The smallest absolute Gasteiger partial charge is 0.276 e. The van der Waals surface area contributed by atoms with E-state index in [9.17, 15) is 9.59 Å². The van der Waals surface area contributed by atoms with Crippen molar-refractivity contribution >= 4 is 11.6 Å². The number of amides is 1. The maximum atomic E-state index is 12.7. The largest absolute Gasteiger partial charge is 0.361 e. The summed E-state index contributed by atoms with van der Waals surface area (Å²) in [4.78, 5) is 31.4. The molecule has 1 aliphatic heterocycles. The highest BCUT2D eigenvalue weighted by molar-refractivity contribution is 5.92. The van der Waals surface area contributed by atoms with Gasteiger partial charge in [0.25, 0.3) is 11.5 Å². The first-order chi connectivity index (χ1) is 13.5. The Kier molecular flexibility index (Phi) is 4.78. The quantitative estimate of drug-likeness (QED) is 0.747. The highest BCUT2D eigenvalue weighted by Gasteiger charge is 2.27. The van der Waals surface area contributed by atoms with Gasteiger partial charge in [0.15, 0.2) is 11.3 Å². The number of hydrogen-bond acceptors (Lipinski definition) is 5. The third-order valence-electron chi connectivity index (χ3n) is 5.60. The van der Waals surface area contributed by atoms with Crippen LogP contribution in [-0.4, -0.2) is 43.7 Å². The normalized spacial score (nSPS) is 15.5. The fourth-order valence-electron chi connectivity index (χ4n) is 3.78. The first kappa shape index (κ1) is 18.5. The maximum absolute atomic E-state index is 12.7. The van der Waals surface area contributed by atoms with Gasteiger partial charge >= 0.3 is 0 Å². The molecule has 8 heteroatoms. The number of likely N-dealkylation sites (tertiary alicyclic amines) is 1. The number of aryl methyl sites for hydroxylation is 2. The van der Waals surface area contributed by atoms with Crippen LogP contribution in [0.25, 0.3) is 5.65 Å². The minimum absolute atomic E-state index is 0.0599. The van der Waals surface area contributed by atoms with Crippen LogP contribution in [0.4, 0.5) is 0 Å². The minimum atomic E-state index is -0.0784. The molecule has 1 aliphatic rings. The standard InChI is InChI=1S/C20H25N5O3/c1-4-5-15-10-17(23-28-15)20(27)24-8-6-14(7-9-24)16-11-18-21-13(3)12(2)19(26)25(18)22-16/h10-11,14,22H,4-9H2,1-3H3. The lowest BCUT2D eigenvalue weighted by Crippen LogP contribution is -2.38. The molecule has 4 rings (SSSR count). The van der Waals surface area contributed by atoms with Gasteiger partial charge in [0.1, 0.15) is 5.76 Å². The summed E-state index contributed by atoms with van der Waals surface area (Å²) < 4.78 is 6.74. The monoisotopic (exact) mass is 383 g/mol. The highest BCUT2D eigenvalue weighted by Crippen LogP contribution is 2.28. The van der Waals surface area contributed by atoms with Crippen molar-refractivity contribution < 1.29 is 9.32 Å². The van der Waals surface area contributed by atoms with E-state index in [0.29, 0.717) is 30.0 Å². The van der Waals surface area contributed by atoms with E-state index in [1.807, 2.05) is 17.9 Å². The van der Waals surface area contributed by atoms with E-state index < -0.39 is 0 Å². The first-order valence-corrected chi connectivity index (χ1v) is 9.81. The molecular formula is C20H25N5O3. The van der Waals surface area contributed by atoms with Gasteiger partial charge in [-0.2, -0.15) is 0 Å². The van der Waals surface area contributed by atoms with Gasteiger partial charge in [0.05, 0.1) is 0 Å². The van der Waals surface area contributed by atoms with Crippen molar-refractivity contribution in [2.24, 2.45) is 0 Å². The number of piperidine rings is 1. The van der Waals surface area contributed by atoms with Crippen molar-refractivity contribution in [2.75, 3.05) is 13.1 Å². The Labute approximate surface area is 162 Å². The fourth-order valence-corrected chi connectivity index (χ4v) is 3.78. The lowest BCUT2D eigenvalue weighted by molar-refractivity contribution is 0.0701. The predicted octanol–water partition coefficient (Wildman–Crippen LogP) is 2.60. The number of aromatic nitrogens is 4. The Bertz CT molecular complexity index is 1070. The number of aromatic amines is 1. The zero-order valence-corrected chi connectivity index (χ0v) is 16.5. The van der Waals surface area contributed by atoms with Crippen LogP contribution in [0.1, 0.15) is 65.3 Å². The van der Waals surface area contributed by atoms with Crippen LogP contribution in [0.2, 0.25) is 0 Å². The first-order valence-electron chi connectivity index (χ1n) is 9.81. The summed E-state index contributed by atoms with van der Waals surface area (Å²) in [6.45, 7) is 7.00. The van der Waals surface area contributed by atoms with Crippen molar-refractivity contribution in [3.05, 3.63) is 50.9 Å². The molecule has 0 radical (unpaired) electrons. The molecule has 28 heavy (non-hydrogen) atoms. The molecule has 148 valence electrons. The number of H-pyrrole nitrogens is 1. The molecule has 8 nitrogen and oxygen atoms in total. The summed E-state index contributed by atoms with van der Waals surface area (Å²) in [7, 11) is 0. The Hall–Kier alpha value is -2.90. The molecule has 0 bridgehead atoms. The SMILES string of the molecule is CCCc1cc(C(=O)N2CCC(c3cc4nc(C)c(C)c(=O)n4[nH]3)CC2)no1. The molecule has 0 spiro atoms. The molecule has 3 aromatic rings. The number of carbonyl (C=O) groups is 1. The molecule has 0 aromatic carbocycles.